The SMILES string of the molecule is Cc1cnc(NCc2cc(C)c(F)c(C)c2)nc1. The Labute approximate surface area is 106 Å². The van der Waals surface area contributed by atoms with E-state index < -0.39 is 0 Å². The Bertz CT molecular complexity index is 526. The van der Waals surface area contributed by atoms with E-state index in [-0.39, 0.29) is 5.82 Å². The summed E-state index contributed by atoms with van der Waals surface area (Å²) in [5.74, 6) is 0.450. The van der Waals surface area contributed by atoms with E-state index >= 15 is 0 Å². The predicted molar refractivity (Wildman–Crippen MR) is 70.0 cm³/mol. The van der Waals surface area contributed by atoms with E-state index in [0.717, 1.165) is 11.1 Å². The molecule has 0 fully saturated rings. The first-order valence-corrected chi connectivity index (χ1v) is 5.84. The van der Waals surface area contributed by atoms with Crippen LogP contribution in [0.15, 0.2) is 24.5 Å². The summed E-state index contributed by atoms with van der Waals surface area (Å²) in [5.41, 5.74) is 3.37. The van der Waals surface area contributed by atoms with Crippen molar-refractivity contribution in [2.24, 2.45) is 0 Å². The van der Waals surface area contributed by atoms with Gasteiger partial charge in [-0.05, 0) is 43.0 Å². The number of aryl methyl sites for hydroxylation is 3. The van der Waals surface area contributed by atoms with Crippen molar-refractivity contribution < 1.29 is 4.39 Å². The minimum Gasteiger partial charge on any atom is -0.350 e. The first-order chi connectivity index (χ1) is 8.56. The highest BCUT2D eigenvalue weighted by Gasteiger charge is 2.04. The van der Waals surface area contributed by atoms with Gasteiger partial charge in [-0.25, -0.2) is 14.4 Å². The van der Waals surface area contributed by atoms with Crippen LogP contribution in [-0.4, -0.2) is 9.97 Å². The molecule has 0 aliphatic rings. The van der Waals surface area contributed by atoms with Crippen LogP contribution in [0.4, 0.5) is 10.3 Å². The summed E-state index contributed by atoms with van der Waals surface area (Å²) < 4.78 is 13.5. The van der Waals surface area contributed by atoms with Gasteiger partial charge in [0.05, 0.1) is 0 Å². The molecule has 0 aliphatic carbocycles. The minimum absolute atomic E-state index is 0.134. The van der Waals surface area contributed by atoms with Crippen LogP contribution in [0, 0.1) is 26.6 Å². The van der Waals surface area contributed by atoms with Gasteiger partial charge in [-0.1, -0.05) is 12.1 Å². The van der Waals surface area contributed by atoms with E-state index in [1.54, 1.807) is 26.2 Å². The summed E-state index contributed by atoms with van der Waals surface area (Å²) >= 11 is 0. The van der Waals surface area contributed by atoms with Gasteiger partial charge in [-0.15, -0.1) is 0 Å². The Morgan fingerprint density at radius 1 is 1.06 bits per heavy atom. The molecule has 18 heavy (non-hydrogen) atoms. The molecule has 2 aromatic rings. The third-order valence-electron chi connectivity index (χ3n) is 2.73. The van der Waals surface area contributed by atoms with Crippen LogP contribution < -0.4 is 5.32 Å². The molecule has 1 aromatic heterocycles. The molecule has 0 aliphatic heterocycles. The van der Waals surface area contributed by atoms with Gasteiger partial charge in [0.2, 0.25) is 5.95 Å². The summed E-state index contributed by atoms with van der Waals surface area (Å²) in [4.78, 5) is 8.32. The summed E-state index contributed by atoms with van der Waals surface area (Å²) in [5, 5.41) is 3.12. The zero-order valence-corrected chi connectivity index (χ0v) is 10.8. The van der Waals surface area contributed by atoms with Crippen molar-refractivity contribution in [3.63, 3.8) is 0 Å². The third-order valence-corrected chi connectivity index (χ3v) is 2.73. The van der Waals surface area contributed by atoms with Gasteiger partial charge in [-0.2, -0.15) is 0 Å². The number of nitrogens with one attached hydrogen (secondary N) is 1. The van der Waals surface area contributed by atoms with Crippen LogP contribution in [0.2, 0.25) is 0 Å². The van der Waals surface area contributed by atoms with Crippen LogP contribution in [0.5, 0.6) is 0 Å². The van der Waals surface area contributed by atoms with Gasteiger partial charge in [0.1, 0.15) is 5.82 Å². The molecule has 94 valence electrons. The lowest BCUT2D eigenvalue weighted by Crippen LogP contribution is -2.04. The maximum Gasteiger partial charge on any atom is 0.222 e. The monoisotopic (exact) mass is 245 g/mol. The largest absolute Gasteiger partial charge is 0.350 e. The Balaban J connectivity index is 2.08. The fourth-order valence-corrected chi connectivity index (χ4v) is 1.80. The summed E-state index contributed by atoms with van der Waals surface area (Å²) in [6.45, 7) is 6.07. The number of benzene rings is 1. The van der Waals surface area contributed by atoms with E-state index in [1.807, 2.05) is 19.1 Å². The molecule has 1 aromatic carbocycles. The summed E-state index contributed by atoms with van der Waals surface area (Å²) in [6, 6.07) is 3.67. The Morgan fingerprint density at radius 2 is 1.61 bits per heavy atom. The number of nitrogens with zero attached hydrogens (tertiary/aromatic N) is 2. The Kier molecular flexibility index (Phi) is 3.55. The number of aromatic nitrogens is 2. The molecule has 0 amide bonds. The van der Waals surface area contributed by atoms with Crippen molar-refractivity contribution in [3.05, 3.63) is 52.6 Å². The molecule has 0 saturated carbocycles. The van der Waals surface area contributed by atoms with E-state index in [0.29, 0.717) is 23.6 Å². The fraction of sp³-hybridized carbons (Fsp3) is 0.286. The average Bonchev–Trinajstić information content (AvgIpc) is 2.35. The second-order valence-electron chi connectivity index (χ2n) is 4.48. The molecule has 0 radical (unpaired) electrons. The first-order valence-electron chi connectivity index (χ1n) is 5.84. The molecule has 1 N–H and O–H groups in total. The molecule has 3 nitrogen and oxygen atoms in total. The van der Waals surface area contributed by atoms with E-state index in [2.05, 4.69) is 15.3 Å². The highest BCUT2D eigenvalue weighted by atomic mass is 19.1. The molecule has 0 unspecified atom stereocenters. The highest BCUT2D eigenvalue weighted by molar-refractivity contribution is 5.33. The predicted octanol–water partition coefficient (Wildman–Crippen LogP) is 3.15. The number of halogens is 1. The third kappa shape index (κ3) is 2.83. The smallest absolute Gasteiger partial charge is 0.222 e. The number of rotatable bonds is 3. The second kappa shape index (κ2) is 5.12. The van der Waals surface area contributed by atoms with Crippen molar-refractivity contribution >= 4 is 5.95 Å². The second-order valence-corrected chi connectivity index (χ2v) is 4.48. The lowest BCUT2D eigenvalue weighted by atomic mass is 10.1. The van der Waals surface area contributed by atoms with Gasteiger partial charge in [-0.3, -0.25) is 0 Å². The molecule has 1 heterocycles. The van der Waals surface area contributed by atoms with Crippen LogP contribution in [0.3, 0.4) is 0 Å². The van der Waals surface area contributed by atoms with Gasteiger partial charge < -0.3 is 5.32 Å². The van der Waals surface area contributed by atoms with E-state index in [4.69, 9.17) is 0 Å². The zero-order chi connectivity index (χ0) is 13.1. The Morgan fingerprint density at radius 3 is 2.17 bits per heavy atom. The summed E-state index contributed by atoms with van der Waals surface area (Å²) in [7, 11) is 0. The lowest BCUT2D eigenvalue weighted by Gasteiger charge is -2.08. The zero-order valence-electron chi connectivity index (χ0n) is 10.8. The molecular weight excluding hydrogens is 229 g/mol. The van der Waals surface area contributed by atoms with Crippen LogP contribution in [0.1, 0.15) is 22.3 Å². The highest BCUT2D eigenvalue weighted by Crippen LogP contribution is 2.15. The lowest BCUT2D eigenvalue weighted by molar-refractivity contribution is 0.608. The molecule has 2 rings (SSSR count). The molecule has 0 spiro atoms. The van der Waals surface area contributed by atoms with Crippen molar-refractivity contribution in [2.75, 3.05) is 5.32 Å². The van der Waals surface area contributed by atoms with E-state index in [1.165, 1.54) is 0 Å². The van der Waals surface area contributed by atoms with Gasteiger partial charge in [0.25, 0.3) is 0 Å². The Hall–Kier alpha value is -1.97. The van der Waals surface area contributed by atoms with Crippen LogP contribution >= 0.6 is 0 Å². The molecule has 0 atom stereocenters. The van der Waals surface area contributed by atoms with Crippen molar-refractivity contribution in [3.8, 4) is 0 Å². The maximum absolute atomic E-state index is 13.5. The summed E-state index contributed by atoms with van der Waals surface area (Å²) in [6.07, 6.45) is 3.52. The van der Waals surface area contributed by atoms with Crippen LogP contribution in [-0.2, 0) is 6.54 Å². The standard InChI is InChI=1S/C14H16FN3/c1-9-6-16-14(17-7-9)18-8-12-4-10(2)13(15)11(3)5-12/h4-7H,8H2,1-3H3,(H,16,17,18). The molecular formula is C14H16FN3. The molecule has 0 bridgehead atoms. The number of hydrogen-bond donors (Lipinski definition) is 1. The molecule has 4 heteroatoms. The van der Waals surface area contributed by atoms with Crippen molar-refractivity contribution in [1.29, 1.82) is 0 Å². The average molecular weight is 245 g/mol. The van der Waals surface area contributed by atoms with Crippen molar-refractivity contribution in [2.45, 2.75) is 27.3 Å². The quantitative estimate of drug-likeness (QED) is 0.902. The number of anilines is 1. The topological polar surface area (TPSA) is 37.8 Å². The van der Waals surface area contributed by atoms with E-state index in [9.17, 15) is 4.39 Å². The minimum atomic E-state index is -0.134. The molecule has 0 saturated heterocycles. The van der Waals surface area contributed by atoms with Gasteiger partial charge in [0.15, 0.2) is 0 Å². The maximum atomic E-state index is 13.5. The normalized spacial score (nSPS) is 10.4. The number of hydrogen-bond acceptors (Lipinski definition) is 3. The van der Waals surface area contributed by atoms with Gasteiger partial charge >= 0.3 is 0 Å². The first kappa shape index (κ1) is 12.5. The fourth-order valence-electron chi connectivity index (χ4n) is 1.80. The van der Waals surface area contributed by atoms with Crippen molar-refractivity contribution in [1.82, 2.24) is 9.97 Å². The van der Waals surface area contributed by atoms with Gasteiger partial charge in [0, 0.05) is 18.9 Å². The van der Waals surface area contributed by atoms with Crippen LogP contribution in [0.25, 0.3) is 0 Å².